The van der Waals surface area contributed by atoms with E-state index in [0.29, 0.717) is 6.42 Å². The molecule has 8 heavy (non-hydrogen) atoms. The summed E-state index contributed by atoms with van der Waals surface area (Å²) in [5.41, 5.74) is 0. The van der Waals surface area contributed by atoms with Crippen LogP contribution in [-0.4, -0.2) is 19.2 Å². The van der Waals surface area contributed by atoms with Gasteiger partial charge < -0.3 is 14.6 Å². The fourth-order valence-corrected chi connectivity index (χ4v) is 0.430. The second kappa shape index (κ2) is 3.43. The number of hydrogen-bond acceptors (Lipinski definition) is 3. The number of carboxylic acid groups (broad SMARTS) is 1. The summed E-state index contributed by atoms with van der Waals surface area (Å²) >= 11 is 0. The third-order valence-electron chi connectivity index (χ3n) is 0.918. The SMILES string of the molecule is CCC(OC)C(=O)[O-]. The van der Waals surface area contributed by atoms with Gasteiger partial charge in [-0.1, -0.05) is 6.92 Å². The lowest BCUT2D eigenvalue weighted by molar-refractivity contribution is -0.316. The van der Waals surface area contributed by atoms with E-state index >= 15 is 0 Å². The number of ether oxygens (including phenoxy) is 1. The number of carbonyl (C=O) groups is 1. The molecule has 0 amide bonds. The van der Waals surface area contributed by atoms with Gasteiger partial charge in [0.1, 0.15) is 0 Å². The maximum absolute atomic E-state index is 9.93. The number of rotatable bonds is 3. The van der Waals surface area contributed by atoms with Gasteiger partial charge in [0.05, 0.1) is 12.1 Å². The Morgan fingerprint density at radius 1 is 1.88 bits per heavy atom. The molecule has 1 atom stereocenters. The van der Waals surface area contributed by atoms with Gasteiger partial charge in [0.15, 0.2) is 0 Å². The molecule has 0 spiro atoms. The average molecular weight is 117 g/mol. The summed E-state index contributed by atoms with van der Waals surface area (Å²) in [6.07, 6.45) is -0.284. The van der Waals surface area contributed by atoms with Gasteiger partial charge in [-0.3, -0.25) is 0 Å². The van der Waals surface area contributed by atoms with Crippen LogP contribution in [0.2, 0.25) is 0 Å². The van der Waals surface area contributed by atoms with Crippen molar-refractivity contribution in [3.05, 3.63) is 0 Å². The fraction of sp³-hybridized carbons (Fsp3) is 0.800. The zero-order chi connectivity index (χ0) is 6.57. The van der Waals surface area contributed by atoms with Crippen LogP contribution < -0.4 is 5.11 Å². The summed E-state index contributed by atoms with van der Waals surface area (Å²) in [4.78, 5) is 9.93. The minimum Gasteiger partial charge on any atom is -0.547 e. The minimum absolute atomic E-state index is 0.457. The van der Waals surface area contributed by atoms with Gasteiger partial charge in [0.2, 0.25) is 0 Å². The summed E-state index contributed by atoms with van der Waals surface area (Å²) in [5, 5.41) is 9.93. The van der Waals surface area contributed by atoms with E-state index in [1.807, 2.05) is 0 Å². The summed E-state index contributed by atoms with van der Waals surface area (Å²) in [5.74, 6) is -1.14. The first kappa shape index (κ1) is 7.43. The molecule has 0 rings (SSSR count). The zero-order valence-electron chi connectivity index (χ0n) is 5.01. The number of carboxylic acids is 1. The second-order valence-corrected chi connectivity index (χ2v) is 1.45. The highest BCUT2D eigenvalue weighted by Gasteiger charge is 2.01. The van der Waals surface area contributed by atoms with Crippen molar-refractivity contribution in [2.45, 2.75) is 19.4 Å². The van der Waals surface area contributed by atoms with Crippen molar-refractivity contribution in [2.24, 2.45) is 0 Å². The summed E-state index contributed by atoms with van der Waals surface area (Å²) < 4.78 is 4.50. The highest BCUT2D eigenvalue weighted by Crippen LogP contribution is 1.91. The highest BCUT2D eigenvalue weighted by atomic mass is 16.5. The third kappa shape index (κ3) is 1.93. The quantitative estimate of drug-likeness (QED) is 0.484. The zero-order valence-corrected chi connectivity index (χ0v) is 5.01. The number of hydrogen-bond donors (Lipinski definition) is 0. The molecule has 0 bridgehead atoms. The maximum atomic E-state index is 9.93. The predicted molar refractivity (Wildman–Crippen MR) is 26.1 cm³/mol. The lowest BCUT2D eigenvalue weighted by atomic mass is 10.3. The molecule has 0 aliphatic heterocycles. The van der Waals surface area contributed by atoms with Gasteiger partial charge in [-0.25, -0.2) is 0 Å². The van der Waals surface area contributed by atoms with Crippen molar-refractivity contribution in [2.75, 3.05) is 7.11 Å². The van der Waals surface area contributed by atoms with E-state index in [4.69, 9.17) is 0 Å². The Hall–Kier alpha value is -0.570. The van der Waals surface area contributed by atoms with E-state index in [2.05, 4.69) is 4.74 Å². The Kier molecular flexibility index (Phi) is 3.19. The molecule has 0 saturated carbocycles. The Morgan fingerprint density at radius 3 is 2.38 bits per heavy atom. The molecule has 0 fully saturated rings. The van der Waals surface area contributed by atoms with E-state index in [1.165, 1.54) is 7.11 Å². The first-order valence-corrected chi connectivity index (χ1v) is 2.46. The van der Waals surface area contributed by atoms with Crippen LogP contribution in [0, 0.1) is 0 Å². The Morgan fingerprint density at radius 2 is 2.38 bits per heavy atom. The van der Waals surface area contributed by atoms with Crippen LogP contribution >= 0.6 is 0 Å². The van der Waals surface area contributed by atoms with Crippen molar-refractivity contribution in [3.63, 3.8) is 0 Å². The molecule has 0 aliphatic carbocycles. The molecule has 48 valence electrons. The lowest BCUT2D eigenvalue weighted by Gasteiger charge is -2.12. The van der Waals surface area contributed by atoms with E-state index in [9.17, 15) is 9.90 Å². The van der Waals surface area contributed by atoms with E-state index in [-0.39, 0.29) is 0 Å². The molecule has 1 unspecified atom stereocenters. The van der Waals surface area contributed by atoms with E-state index < -0.39 is 12.1 Å². The first-order valence-electron chi connectivity index (χ1n) is 2.46. The molecule has 0 heterocycles. The van der Waals surface area contributed by atoms with Gasteiger partial charge in [-0.05, 0) is 6.42 Å². The van der Waals surface area contributed by atoms with E-state index in [1.54, 1.807) is 6.92 Å². The first-order chi connectivity index (χ1) is 3.72. The topological polar surface area (TPSA) is 49.4 Å². The molecular formula is C5H9O3-. The molecule has 0 saturated heterocycles. The molecule has 0 N–H and O–H groups in total. The van der Waals surface area contributed by atoms with E-state index in [0.717, 1.165) is 0 Å². The molecule has 0 aromatic carbocycles. The third-order valence-corrected chi connectivity index (χ3v) is 0.918. The lowest BCUT2D eigenvalue weighted by Crippen LogP contribution is -2.36. The summed E-state index contributed by atoms with van der Waals surface area (Å²) in [6, 6.07) is 0. The molecular weight excluding hydrogens is 108 g/mol. The molecule has 0 aromatic heterocycles. The Balaban J connectivity index is 3.52. The van der Waals surface area contributed by atoms with Crippen LogP contribution in [0.3, 0.4) is 0 Å². The average Bonchev–Trinajstić information content (AvgIpc) is 1.69. The second-order valence-electron chi connectivity index (χ2n) is 1.45. The van der Waals surface area contributed by atoms with Crippen LogP contribution in [0.4, 0.5) is 0 Å². The van der Waals surface area contributed by atoms with Crippen LogP contribution in [0.25, 0.3) is 0 Å². The molecule has 0 aliphatic rings. The molecule has 3 heteroatoms. The molecule has 0 aromatic rings. The van der Waals surface area contributed by atoms with Gasteiger partial charge in [-0.15, -0.1) is 0 Å². The van der Waals surface area contributed by atoms with Crippen LogP contribution in [0.15, 0.2) is 0 Å². The predicted octanol–water partition coefficient (Wildman–Crippen LogP) is -0.839. The van der Waals surface area contributed by atoms with Crippen molar-refractivity contribution >= 4 is 5.97 Å². The molecule has 0 radical (unpaired) electrons. The van der Waals surface area contributed by atoms with Crippen LogP contribution in [0.1, 0.15) is 13.3 Å². The van der Waals surface area contributed by atoms with Gasteiger partial charge in [0, 0.05) is 7.11 Å². The Labute approximate surface area is 48.3 Å². The van der Waals surface area contributed by atoms with Crippen molar-refractivity contribution in [1.29, 1.82) is 0 Å². The van der Waals surface area contributed by atoms with Gasteiger partial charge in [-0.2, -0.15) is 0 Å². The summed E-state index contributed by atoms with van der Waals surface area (Å²) in [7, 11) is 1.35. The monoisotopic (exact) mass is 117 g/mol. The van der Waals surface area contributed by atoms with Crippen molar-refractivity contribution in [1.82, 2.24) is 0 Å². The van der Waals surface area contributed by atoms with Crippen LogP contribution in [-0.2, 0) is 9.53 Å². The molecule has 3 nitrogen and oxygen atoms in total. The number of carbonyl (C=O) groups excluding carboxylic acids is 1. The van der Waals surface area contributed by atoms with Gasteiger partial charge in [0.25, 0.3) is 0 Å². The minimum atomic E-state index is -1.14. The number of methoxy groups -OCH3 is 1. The van der Waals surface area contributed by atoms with Crippen LogP contribution in [0.5, 0.6) is 0 Å². The fourth-order valence-electron chi connectivity index (χ4n) is 0.430. The smallest absolute Gasteiger partial charge is 0.0962 e. The summed E-state index contributed by atoms with van der Waals surface area (Å²) in [6.45, 7) is 1.73. The normalized spacial score (nSPS) is 13.2. The highest BCUT2D eigenvalue weighted by molar-refractivity contribution is 5.69. The van der Waals surface area contributed by atoms with Gasteiger partial charge >= 0.3 is 0 Å². The number of aliphatic carboxylic acids is 1. The van der Waals surface area contributed by atoms with Crippen molar-refractivity contribution in [3.8, 4) is 0 Å². The largest absolute Gasteiger partial charge is 0.547 e. The maximum Gasteiger partial charge on any atom is 0.0962 e. The Bertz CT molecular complexity index is 75.7. The van der Waals surface area contributed by atoms with Crippen molar-refractivity contribution < 1.29 is 14.6 Å². The standard InChI is InChI=1S/C5H10O3/c1-3-4(8-2)5(6)7/h4H,3H2,1-2H3,(H,6,7)/p-1.